The van der Waals surface area contributed by atoms with Crippen LogP contribution in [-0.2, 0) is 14.6 Å². The molecular formula is C17H15BrFNO3S. The first-order valence-electron chi connectivity index (χ1n) is 7.82. The highest BCUT2D eigenvalue weighted by Crippen LogP contribution is 2.47. The maximum Gasteiger partial charge on any atom is 0.177 e. The summed E-state index contributed by atoms with van der Waals surface area (Å²) in [6.07, 6.45) is 2.35. The van der Waals surface area contributed by atoms with E-state index in [2.05, 4.69) is 21.2 Å². The first-order chi connectivity index (χ1) is 11.4. The standard InChI is InChI=1S/C17H15BrFNO3S/c18-10-8-9(4-5-11(10)19)15-16-12(2-1-3-14(16)21)20-13-6-7-24(22,23)17(13)15/h4-5,8,15,20H,1-3,6-7H2/t15-/m1/s1. The van der Waals surface area contributed by atoms with Gasteiger partial charge in [0.15, 0.2) is 15.6 Å². The Morgan fingerprint density at radius 3 is 2.71 bits per heavy atom. The van der Waals surface area contributed by atoms with E-state index in [9.17, 15) is 17.6 Å². The van der Waals surface area contributed by atoms with Crippen LogP contribution >= 0.6 is 15.9 Å². The minimum absolute atomic E-state index is 0.0251. The van der Waals surface area contributed by atoms with Crippen molar-refractivity contribution in [3.8, 4) is 0 Å². The Labute approximate surface area is 147 Å². The number of halogens is 2. The molecule has 0 fully saturated rings. The molecule has 0 saturated heterocycles. The van der Waals surface area contributed by atoms with Crippen LogP contribution < -0.4 is 5.32 Å². The highest BCUT2D eigenvalue weighted by atomic mass is 79.9. The Balaban J connectivity index is 1.96. The summed E-state index contributed by atoms with van der Waals surface area (Å²) in [5, 5.41) is 3.20. The molecule has 0 radical (unpaired) electrons. The van der Waals surface area contributed by atoms with Gasteiger partial charge in [-0.2, -0.15) is 0 Å². The van der Waals surface area contributed by atoms with E-state index in [1.54, 1.807) is 12.1 Å². The lowest BCUT2D eigenvalue weighted by atomic mass is 9.79. The first-order valence-corrected chi connectivity index (χ1v) is 10.3. The van der Waals surface area contributed by atoms with Gasteiger partial charge in [0.25, 0.3) is 0 Å². The van der Waals surface area contributed by atoms with Crippen LogP contribution in [0.25, 0.3) is 0 Å². The maximum atomic E-state index is 13.6. The fourth-order valence-electron chi connectivity index (χ4n) is 3.79. The van der Waals surface area contributed by atoms with E-state index in [1.165, 1.54) is 6.07 Å². The minimum atomic E-state index is -3.42. The normalized spacial score (nSPS) is 25.4. The highest BCUT2D eigenvalue weighted by molar-refractivity contribution is 9.10. The van der Waals surface area contributed by atoms with Crippen molar-refractivity contribution in [1.82, 2.24) is 5.32 Å². The Morgan fingerprint density at radius 1 is 1.17 bits per heavy atom. The fourth-order valence-corrected chi connectivity index (χ4v) is 6.02. The van der Waals surface area contributed by atoms with Crippen molar-refractivity contribution in [2.45, 2.75) is 31.6 Å². The van der Waals surface area contributed by atoms with Gasteiger partial charge >= 0.3 is 0 Å². The summed E-state index contributed by atoms with van der Waals surface area (Å²) in [5.41, 5.74) is 2.68. The molecule has 1 N–H and O–H groups in total. The Hall–Kier alpha value is -1.47. The third-order valence-electron chi connectivity index (χ3n) is 4.84. The highest BCUT2D eigenvalue weighted by Gasteiger charge is 2.44. The zero-order valence-electron chi connectivity index (χ0n) is 12.7. The fraction of sp³-hybridized carbons (Fsp3) is 0.353. The molecule has 1 aliphatic carbocycles. The Morgan fingerprint density at radius 2 is 1.96 bits per heavy atom. The molecular weight excluding hydrogens is 397 g/mol. The molecule has 0 amide bonds. The molecule has 126 valence electrons. The number of rotatable bonds is 1. The van der Waals surface area contributed by atoms with Crippen molar-refractivity contribution in [3.63, 3.8) is 0 Å². The Kier molecular flexibility index (Phi) is 3.69. The average Bonchev–Trinajstić information content (AvgIpc) is 2.84. The molecule has 1 atom stereocenters. The number of hydrogen-bond acceptors (Lipinski definition) is 4. The van der Waals surface area contributed by atoms with Gasteiger partial charge in [-0.3, -0.25) is 4.79 Å². The number of ketones is 1. The minimum Gasteiger partial charge on any atom is -0.361 e. The topological polar surface area (TPSA) is 63.2 Å². The lowest BCUT2D eigenvalue weighted by Gasteiger charge is -2.33. The van der Waals surface area contributed by atoms with E-state index in [-0.39, 0.29) is 20.9 Å². The third kappa shape index (κ3) is 2.37. The quantitative estimate of drug-likeness (QED) is 0.769. The van der Waals surface area contributed by atoms with E-state index in [4.69, 9.17) is 0 Å². The van der Waals surface area contributed by atoms with Crippen LogP contribution in [-0.4, -0.2) is 20.0 Å². The summed E-state index contributed by atoms with van der Waals surface area (Å²) in [6.45, 7) is 0. The molecule has 4 rings (SSSR count). The lowest BCUT2D eigenvalue weighted by Crippen LogP contribution is -2.32. The Bertz CT molecular complexity index is 933. The second-order valence-corrected chi connectivity index (χ2v) is 9.24. The van der Waals surface area contributed by atoms with Crippen molar-refractivity contribution < 1.29 is 17.6 Å². The van der Waals surface area contributed by atoms with Crippen molar-refractivity contribution in [3.05, 3.63) is 55.9 Å². The van der Waals surface area contributed by atoms with Crippen LogP contribution in [0.1, 0.15) is 37.2 Å². The molecule has 0 spiro atoms. The van der Waals surface area contributed by atoms with Gasteiger partial charge in [-0.15, -0.1) is 0 Å². The molecule has 2 aliphatic heterocycles. The largest absolute Gasteiger partial charge is 0.361 e. The number of benzene rings is 1. The number of sulfone groups is 1. The van der Waals surface area contributed by atoms with Crippen LogP contribution in [0.5, 0.6) is 0 Å². The van der Waals surface area contributed by atoms with Gasteiger partial charge in [0.1, 0.15) is 5.82 Å². The van der Waals surface area contributed by atoms with Crippen molar-refractivity contribution in [1.29, 1.82) is 0 Å². The number of hydrogen-bond donors (Lipinski definition) is 1. The van der Waals surface area contributed by atoms with Crippen LogP contribution in [0.15, 0.2) is 44.5 Å². The predicted molar refractivity (Wildman–Crippen MR) is 91.3 cm³/mol. The number of allylic oxidation sites excluding steroid dienone is 4. The summed E-state index contributed by atoms with van der Waals surface area (Å²) >= 11 is 3.16. The molecule has 0 bridgehead atoms. The maximum absolute atomic E-state index is 13.6. The molecule has 2 heterocycles. The predicted octanol–water partition coefficient (Wildman–Crippen LogP) is 3.31. The first kappa shape index (κ1) is 16.0. The number of dihydropyridines is 1. The van der Waals surface area contributed by atoms with Crippen molar-refractivity contribution >= 4 is 31.6 Å². The van der Waals surface area contributed by atoms with E-state index >= 15 is 0 Å². The number of carbonyl (C=O) groups is 1. The number of nitrogens with one attached hydrogen (secondary N) is 1. The van der Waals surface area contributed by atoms with Gasteiger partial charge in [-0.05, 0) is 46.5 Å². The SMILES string of the molecule is O=C1CCCC2=C1[C@@H](c1ccc(F)c(Br)c1)C1=C(CCS1(=O)=O)N2. The molecule has 0 aromatic heterocycles. The zero-order chi connectivity index (χ0) is 17.1. The summed E-state index contributed by atoms with van der Waals surface area (Å²) in [6, 6.07) is 4.45. The molecule has 7 heteroatoms. The number of carbonyl (C=O) groups excluding carboxylic acids is 1. The molecule has 0 saturated carbocycles. The van der Waals surface area contributed by atoms with Crippen LogP contribution in [0.4, 0.5) is 4.39 Å². The summed E-state index contributed by atoms with van der Waals surface area (Å²) in [5.74, 6) is -1.02. The second kappa shape index (κ2) is 5.52. The summed E-state index contributed by atoms with van der Waals surface area (Å²) in [4.78, 5) is 12.8. The van der Waals surface area contributed by atoms with Gasteiger partial charge in [-0.1, -0.05) is 6.07 Å². The third-order valence-corrected chi connectivity index (χ3v) is 7.34. The molecule has 0 unspecified atom stereocenters. The monoisotopic (exact) mass is 411 g/mol. The van der Waals surface area contributed by atoms with Gasteiger partial charge in [0, 0.05) is 29.8 Å². The van der Waals surface area contributed by atoms with Crippen molar-refractivity contribution in [2.24, 2.45) is 0 Å². The van der Waals surface area contributed by atoms with E-state index in [0.717, 1.165) is 18.5 Å². The molecule has 4 nitrogen and oxygen atoms in total. The number of Topliss-reactive ketones (excluding diaryl/α,β-unsaturated/α-hetero) is 1. The van der Waals surface area contributed by atoms with Crippen LogP contribution in [0.2, 0.25) is 0 Å². The second-order valence-electron chi connectivity index (χ2n) is 6.31. The van der Waals surface area contributed by atoms with Crippen LogP contribution in [0, 0.1) is 5.82 Å². The average molecular weight is 412 g/mol. The molecule has 1 aromatic rings. The summed E-state index contributed by atoms with van der Waals surface area (Å²) < 4.78 is 39.1. The smallest absolute Gasteiger partial charge is 0.177 e. The lowest BCUT2D eigenvalue weighted by molar-refractivity contribution is -0.116. The van der Waals surface area contributed by atoms with E-state index < -0.39 is 21.6 Å². The summed E-state index contributed by atoms with van der Waals surface area (Å²) in [7, 11) is -3.42. The van der Waals surface area contributed by atoms with Gasteiger partial charge in [0.05, 0.1) is 21.0 Å². The van der Waals surface area contributed by atoms with Gasteiger partial charge in [-0.25, -0.2) is 12.8 Å². The van der Waals surface area contributed by atoms with Crippen molar-refractivity contribution in [2.75, 3.05) is 5.75 Å². The van der Waals surface area contributed by atoms with Crippen LogP contribution in [0.3, 0.4) is 0 Å². The molecule has 3 aliphatic rings. The zero-order valence-corrected chi connectivity index (χ0v) is 15.1. The van der Waals surface area contributed by atoms with Gasteiger partial charge in [0.2, 0.25) is 0 Å². The van der Waals surface area contributed by atoms with Gasteiger partial charge < -0.3 is 5.32 Å². The van der Waals surface area contributed by atoms with E-state index in [1.807, 2.05) is 0 Å². The molecule has 24 heavy (non-hydrogen) atoms. The molecule has 1 aromatic carbocycles. The van der Waals surface area contributed by atoms with E-state index in [0.29, 0.717) is 29.7 Å².